The molecule has 4 nitrogen and oxygen atoms in total. The molecule has 1 aromatic carbocycles. The second-order valence-corrected chi connectivity index (χ2v) is 4.09. The Hall–Kier alpha value is -2.04. The molecule has 0 aliphatic rings. The average Bonchev–Trinajstić information content (AvgIpc) is 2.68. The molecule has 1 unspecified atom stereocenters. The highest BCUT2D eigenvalue weighted by Crippen LogP contribution is 2.17. The summed E-state index contributed by atoms with van der Waals surface area (Å²) in [6.07, 6.45) is 0.212. The van der Waals surface area contributed by atoms with Gasteiger partial charge in [-0.25, -0.2) is 4.98 Å². The Labute approximate surface area is 104 Å². The van der Waals surface area contributed by atoms with E-state index in [1.54, 1.807) is 0 Å². The lowest BCUT2D eigenvalue weighted by Crippen LogP contribution is -2.11. The number of imidazole rings is 1. The molecule has 0 N–H and O–H groups in total. The minimum atomic E-state index is -0.620. The average molecular weight is 245 g/mol. The Bertz CT molecular complexity index is 617. The van der Waals surface area contributed by atoms with Gasteiger partial charge in [-0.15, -0.1) is 11.6 Å². The third kappa shape index (κ3) is 2.22. The molecular formula is C12H9ClN4. The lowest BCUT2D eigenvalue weighted by molar-refractivity contribution is 0.704. The van der Waals surface area contributed by atoms with Crippen molar-refractivity contribution >= 4 is 22.6 Å². The zero-order valence-electron chi connectivity index (χ0n) is 8.97. The van der Waals surface area contributed by atoms with Crippen molar-refractivity contribution in [2.24, 2.45) is 0 Å². The molecular weight excluding hydrogens is 236 g/mol. The fourth-order valence-corrected chi connectivity index (χ4v) is 1.87. The minimum absolute atomic E-state index is 0.212. The van der Waals surface area contributed by atoms with Crippen LogP contribution in [-0.2, 0) is 13.0 Å². The number of benzene rings is 1. The largest absolute Gasteiger partial charge is 0.325 e. The molecule has 84 valence electrons. The summed E-state index contributed by atoms with van der Waals surface area (Å²) in [5, 5.41) is 16.9. The van der Waals surface area contributed by atoms with E-state index in [9.17, 15) is 0 Å². The van der Waals surface area contributed by atoms with Crippen molar-refractivity contribution in [2.45, 2.75) is 18.3 Å². The lowest BCUT2D eigenvalue weighted by Gasteiger charge is -2.07. The number of alkyl halides is 1. The van der Waals surface area contributed by atoms with Gasteiger partial charge in [0, 0.05) is 0 Å². The van der Waals surface area contributed by atoms with E-state index in [1.807, 2.05) is 34.9 Å². The molecule has 0 amide bonds. The zero-order chi connectivity index (χ0) is 12.3. The number of halogens is 1. The Morgan fingerprint density at radius 3 is 2.82 bits per heavy atom. The first-order valence-electron chi connectivity index (χ1n) is 5.11. The van der Waals surface area contributed by atoms with Gasteiger partial charge in [0.25, 0.3) is 0 Å². The van der Waals surface area contributed by atoms with E-state index in [1.165, 1.54) is 0 Å². The first-order chi connectivity index (χ1) is 8.26. The summed E-state index contributed by atoms with van der Waals surface area (Å²) < 4.78 is 1.83. The van der Waals surface area contributed by atoms with Gasteiger partial charge >= 0.3 is 0 Å². The quantitative estimate of drug-likeness (QED) is 0.778. The molecule has 2 aromatic rings. The number of para-hydroxylation sites is 2. The molecule has 0 aliphatic heterocycles. The molecule has 0 saturated carbocycles. The van der Waals surface area contributed by atoms with Crippen LogP contribution in [-0.4, -0.2) is 14.9 Å². The van der Waals surface area contributed by atoms with Gasteiger partial charge in [-0.3, -0.25) is 0 Å². The highest BCUT2D eigenvalue weighted by atomic mass is 35.5. The predicted octanol–water partition coefficient (Wildman–Crippen LogP) is 2.23. The maximum atomic E-state index is 8.76. The second-order valence-electron chi connectivity index (χ2n) is 3.56. The van der Waals surface area contributed by atoms with E-state index < -0.39 is 5.38 Å². The van der Waals surface area contributed by atoms with Gasteiger partial charge in [-0.2, -0.15) is 10.5 Å². The van der Waals surface area contributed by atoms with Gasteiger partial charge < -0.3 is 4.57 Å². The summed E-state index contributed by atoms with van der Waals surface area (Å²) in [4.78, 5) is 4.36. The molecule has 17 heavy (non-hydrogen) atoms. The van der Waals surface area contributed by atoms with Crippen LogP contribution in [0.1, 0.15) is 5.82 Å². The topological polar surface area (TPSA) is 65.4 Å². The van der Waals surface area contributed by atoms with Crippen molar-refractivity contribution in [1.82, 2.24) is 9.55 Å². The minimum Gasteiger partial charge on any atom is -0.325 e. The lowest BCUT2D eigenvalue weighted by atomic mass is 10.3. The van der Waals surface area contributed by atoms with Crippen molar-refractivity contribution in [3.05, 3.63) is 30.1 Å². The Balaban J connectivity index is 2.53. The highest BCUT2D eigenvalue weighted by molar-refractivity contribution is 6.22. The molecule has 1 aromatic heterocycles. The van der Waals surface area contributed by atoms with E-state index in [2.05, 4.69) is 11.1 Å². The Morgan fingerprint density at radius 1 is 1.35 bits per heavy atom. The van der Waals surface area contributed by atoms with Crippen LogP contribution in [0, 0.1) is 22.7 Å². The van der Waals surface area contributed by atoms with Crippen molar-refractivity contribution in [2.75, 3.05) is 0 Å². The van der Waals surface area contributed by atoms with Crippen LogP contribution < -0.4 is 0 Å². The van der Waals surface area contributed by atoms with Gasteiger partial charge in [-0.05, 0) is 12.1 Å². The van der Waals surface area contributed by atoms with Gasteiger partial charge in [0.2, 0.25) is 0 Å². The van der Waals surface area contributed by atoms with Gasteiger partial charge in [-0.1, -0.05) is 12.1 Å². The van der Waals surface area contributed by atoms with Crippen LogP contribution in [0.4, 0.5) is 0 Å². The van der Waals surface area contributed by atoms with Crippen molar-refractivity contribution in [3.63, 3.8) is 0 Å². The van der Waals surface area contributed by atoms with E-state index in [-0.39, 0.29) is 6.42 Å². The van der Waals surface area contributed by atoms with E-state index in [0.29, 0.717) is 12.4 Å². The maximum absolute atomic E-state index is 8.76. The van der Waals surface area contributed by atoms with E-state index >= 15 is 0 Å². The summed E-state index contributed by atoms with van der Waals surface area (Å²) in [5.41, 5.74) is 1.72. The van der Waals surface area contributed by atoms with E-state index in [4.69, 9.17) is 22.1 Å². The predicted molar refractivity (Wildman–Crippen MR) is 64.3 cm³/mol. The summed E-state index contributed by atoms with van der Waals surface area (Å²) in [7, 11) is 0. The van der Waals surface area contributed by atoms with Gasteiger partial charge in [0.05, 0.1) is 36.1 Å². The number of hydrogen-bond acceptors (Lipinski definition) is 3. The van der Waals surface area contributed by atoms with Crippen LogP contribution in [0.15, 0.2) is 24.3 Å². The summed E-state index contributed by atoms with van der Waals surface area (Å²) in [5.74, 6) is 0.648. The standard InChI is InChI=1S/C12H9ClN4/c13-9(7-15)8-17-11-4-2-1-3-10(11)16-12(17)5-6-14/h1-4,9H,5,8H2. The summed E-state index contributed by atoms with van der Waals surface area (Å²) in [6, 6.07) is 11.6. The molecule has 0 bridgehead atoms. The van der Waals surface area contributed by atoms with Crippen molar-refractivity contribution < 1.29 is 0 Å². The number of aromatic nitrogens is 2. The normalized spacial score (nSPS) is 11.9. The summed E-state index contributed by atoms with van der Waals surface area (Å²) in [6.45, 7) is 0.343. The van der Waals surface area contributed by atoms with E-state index in [0.717, 1.165) is 11.0 Å². The first kappa shape index (κ1) is 11.4. The number of rotatable bonds is 3. The van der Waals surface area contributed by atoms with Gasteiger partial charge in [0.15, 0.2) is 0 Å². The third-order valence-electron chi connectivity index (χ3n) is 2.45. The van der Waals surface area contributed by atoms with Crippen molar-refractivity contribution in [1.29, 1.82) is 10.5 Å². The SMILES string of the molecule is N#CCc1nc2ccccc2n1CC(Cl)C#N. The molecule has 0 aliphatic carbocycles. The fraction of sp³-hybridized carbons (Fsp3) is 0.250. The van der Waals surface area contributed by atoms with Crippen LogP contribution in [0.25, 0.3) is 11.0 Å². The number of fused-ring (bicyclic) bond motifs is 1. The molecule has 2 rings (SSSR count). The number of nitrogens with zero attached hydrogens (tertiary/aromatic N) is 4. The van der Waals surface area contributed by atoms with Crippen molar-refractivity contribution in [3.8, 4) is 12.1 Å². The van der Waals surface area contributed by atoms with Crippen LogP contribution in [0.3, 0.4) is 0 Å². The third-order valence-corrected chi connectivity index (χ3v) is 2.69. The number of hydrogen-bond donors (Lipinski definition) is 0. The highest BCUT2D eigenvalue weighted by Gasteiger charge is 2.13. The first-order valence-corrected chi connectivity index (χ1v) is 5.54. The zero-order valence-corrected chi connectivity index (χ0v) is 9.72. The fourth-order valence-electron chi connectivity index (χ4n) is 1.74. The number of nitriles is 2. The molecule has 0 fully saturated rings. The molecule has 0 spiro atoms. The van der Waals surface area contributed by atoms with Gasteiger partial charge in [0.1, 0.15) is 11.2 Å². The smallest absolute Gasteiger partial charge is 0.138 e. The Morgan fingerprint density at radius 2 is 2.12 bits per heavy atom. The molecule has 0 radical (unpaired) electrons. The Kier molecular flexibility index (Phi) is 3.27. The van der Waals surface area contributed by atoms with Crippen LogP contribution in [0.2, 0.25) is 0 Å². The van der Waals surface area contributed by atoms with Crippen LogP contribution in [0.5, 0.6) is 0 Å². The maximum Gasteiger partial charge on any atom is 0.138 e. The molecule has 1 atom stereocenters. The molecule has 5 heteroatoms. The molecule has 1 heterocycles. The summed E-state index contributed by atoms with van der Waals surface area (Å²) >= 11 is 5.84. The monoisotopic (exact) mass is 244 g/mol. The molecule has 0 saturated heterocycles. The second kappa shape index (κ2) is 4.86. The van der Waals surface area contributed by atoms with Crippen LogP contribution >= 0.6 is 11.6 Å².